The highest BCUT2D eigenvalue weighted by atomic mass is 16.3. The molecule has 176 valence electrons. The molecule has 9 atom stereocenters. The lowest BCUT2D eigenvalue weighted by Gasteiger charge is -2.59. The van der Waals surface area contributed by atoms with E-state index in [0.717, 1.165) is 36.0 Å². The van der Waals surface area contributed by atoms with Gasteiger partial charge in [0.1, 0.15) is 0 Å². The number of aliphatic hydroxyl groups excluding tert-OH is 1. The van der Waals surface area contributed by atoms with Crippen LogP contribution < -0.4 is 0 Å². The van der Waals surface area contributed by atoms with Crippen LogP contribution in [0.25, 0.3) is 0 Å². The predicted molar refractivity (Wildman–Crippen MR) is 131 cm³/mol. The van der Waals surface area contributed by atoms with E-state index in [-0.39, 0.29) is 11.5 Å². The Kier molecular flexibility index (Phi) is 5.15. The van der Waals surface area contributed by atoms with Gasteiger partial charge in [0.05, 0.1) is 6.10 Å². The molecule has 0 aliphatic heterocycles. The number of allylic oxidation sites excluding steroid dienone is 1. The van der Waals surface area contributed by atoms with Crippen LogP contribution in [0.3, 0.4) is 0 Å². The second-order valence-corrected chi connectivity index (χ2v) is 14.2. The van der Waals surface area contributed by atoms with Crippen LogP contribution in [0.1, 0.15) is 112 Å². The summed E-state index contributed by atoms with van der Waals surface area (Å²) in [6.45, 7) is 19.0. The first-order valence-corrected chi connectivity index (χ1v) is 13.9. The zero-order valence-electron chi connectivity index (χ0n) is 21.5. The highest BCUT2D eigenvalue weighted by Gasteiger charge is 2.80. The lowest BCUT2D eigenvalue weighted by atomic mass is 9.46. The monoisotopic (exact) mass is 426 g/mol. The molecule has 5 aliphatic rings. The lowest BCUT2D eigenvalue weighted by Crippen LogP contribution is -2.54. The molecule has 1 heteroatoms. The van der Waals surface area contributed by atoms with Gasteiger partial charge in [-0.05, 0) is 128 Å². The van der Waals surface area contributed by atoms with Crippen molar-refractivity contribution in [1.29, 1.82) is 0 Å². The zero-order chi connectivity index (χ0) is 22.4. The van der Waals surface area contributed by atoms with Crippen molar-refractivity contribution in [1.82, 2.24) is 0 Å². The van der Waals surface area contributed by atoms with Gasteiger partial charge in [0, 0.05) is 0 Å². The molecule has 0 bridgehead atoms. The van der Waals surface area contributed by atoms with E-state index >= 15 is 0 Å². The summed E-state index contributed by atoms with van der Waals surface area (Å²) in [5, 5.41) is 10.8. The lowest BCUT2D eigenvalue weighted by molar-refractivity contribution is -0.133. The van der Waals surface area contributed by atoms with Gasteiger partial charge in [0.2, 0.25) is 0 Å². The molecule has 5 fully saturated rings. The fourth-order valence-corrected chi connectivity index (χ4v) is 10.7. The fraction of sp³-hybridized carbons (Fsp3) is 0.933. The Hall–Kier alpha value is -0.300. The van der Waals surface area contributed by atoms with Crippen molar-refractivity contribution in [2.45, 2.75) is 118 Å². The Balaban J connectivity index is 1.34. The van der Waals surface area contributed by atoms with Crippen LogP contribution in [0, 0.1) is 57.2 Å². The van der Waals surface area contributed by atoms with Gasteiger partial charge in [0.25, 0.3) is 0 Å². The number of fused-ring (bicyclic) bond motifs is 2. The average molecular weight is 427 g/mol. The molecule has 0 heterocycles. The standard InChI is InChI=1S/C30H50O/c1-19(2)20(3)8-9-21(4)22-10-11-23-24-12-13-25-27(5,6)26(31)14-15-30(25)18-29(24,30)17-16-28(22,23)7/h19,21-26,31H,3,8-18H2,1-2,4-7H3/t21-,22-,23+,24+,25+,26+,28-,29+,30-/m1/s1. The van der Waals surface area contributed by atoms with Crippen LogP contribution in [0.15, 0.2) is 12.2 Å². The molecular weight excluding hydrogens is 376 g/mol. The first-order valence-electron chi connectivity index (χ1n) is 13.9. The molecule has 2 spiro atoms. The van der Waals surface area contributed by atoms with E-state index in [4.69, 9.17) is 0 Å². The van der Waals surface area contributed by atoms with Gasteiger partial charge < -0.3 is 5.11 Å². The van der Waals surface area contributed by atoms with Gasteiger partial charge >= 0.3 is 0 Å². The predicted octanol–water partition coefficient (Wildman–Crippen LogP) is 8.02. The summed E-state index contributed by atoms with van der Waals surface area (Å²) in [5.74, 6) is 5.11. The molecule has 5 saturated carbocycles. The quantitative estimate of drug-likeness (QED) is 0.441. The molecule has 0 unspecified atom stereocenters. The Bertz CT molecular complexity index is 735. The van der Waals surface area contributed by atoms with Crippen LogP contribution in [0.5, 0.6) is 0 Å². The van der Waals surface area contributed by atoms with Crippen molar-refractivity contribution in [3.05, 3.63) is 12.2 Å². The first kappa shape index (κ1) is 22.5. The average Bonchev–Trinajstić information content (AvgIpc) is 3.25. The van der Waals surface area contributed by atoms with E-state index < -0.39 is 0 Å². The fourth-order valence-electron chi connectivity index (χ4n) is 10.7. The molecule has 31 heavy (non-hydrogen) atoms. The van der Waals surface area contributed by atoms with Crippen molar-refractivity contribution >= 4 is 0 Å². The zero-order valence-corrected chi connectivity index (χ0v) is 21.5. The van der Waals surface area contributed by atoms with Gasteiger partial charge in [-0.15, -0.1) is 0 Å². The molecule has 5 aliphatic carbocycles. The molecule has 1 N–H and O–H groups in total. The summed E-state index contributed by atoms with van der Waals surface area (Å²) in [4.78, 5) is 0. The summed E-state index contributed by atoms with van der Waals surface area (Å²) in [6.07, 6.45) is 15.2. The summed E-state index contributed by atoms with van der Waals surface area (Å²) >= 11 is 0. The number of rotatable bonds is 5. The Labute approximate surface area is 192 Å². The third-order valence-corrected chi connectivity index (χ3v) is 12.8. The van der Waals surface area contributed by atoms with E-state index in [1.807, 2.05) is 0 Å². The molecule has 0 aromatic heterocycles. The number of aliphatic hydroxyl groups is 1. The van der Waals surface area contributed by atoms with E-state index in [0.29, 0.717) is 22.2 Å². The van der Waals surface area contributed by atoms with E-state index in [1.54, 1.807) is 0 Å². The van der Waals surface area contributed by atoms with Crippen molar-refractivity contribution in [2.75, 3.05) is 0 Å². The maximum absolute atomic E-state index is 10.8. The summed E-state index contributed by atoms with van der Waals surface area (Å²) < 4.78 is 0. The van der Waals surface area contributed by atoms with Crippen molar-refractivity contribution in [2.24, 2.45) is 57.2 Å². The third kappa shape index (κ3) is 2.90. The van der Waals surface area contributed by atoms with Crippen molar-refractivity contribution in [3.63, 3.8) is 0 Å². The summed E-state index contributed by atoms with van der Waals surface area (Å²) in [6, 6.07) is 0. The van der Waals surface area contributed by atoms with E-state index in [2.05, 4.69) is 48.1 Å². The highest BCUT2D eigenvalue weighted by Crippen LogP contribution is 2.87. The Morgan fingerprint density at radius 1 is 0.903 bits per heavy atom. The smallest absolute Gasteiger partial charge is 0.0594 e. The third-order valence-electron chi connectivity index (χ3n) is 12.8. The molecule has 1 nitrogen and oxygen atoms in total. The largest absolute Gasteiger partial charge is 0.393 e. The maximum atomic E-state index is 10.8. The SMILES string of the molecule is C=C(CC[C@@H](C)[C@H]1CC[C@H]2[C@@H]3CC[C@H]4C(C)(C)[C@@H](O)CC[C@@]45C[C@@]35CC[C@]12C)C(C)C. The van der Waals surface area contributed by atoms with Gasteiger partial charge in [-0.25, -0.2) is 0 Å². The van der Waals surface area contributed by atoms with E-state index in [9.17, 15) is 5.11 Å². The van der Waals surface area contributed by atoms with Gasteiger partial charge in [-0.1, -0.05) is 53.7 Å². The number of hydrogen-bond acceptors (Lipinski definition) is 1. The van der Waals surface area contributed by atoms with Crippen LogP contribution in [-0.2, 0) is 0 Å². The minimum Gasteiger partial charge on any atom is -0.393 e. The second-order valence-electron chi connectivity index (χ2n) is 14.2. The minimum absolute atomic E-state index is 0.0801. The van der Waals surface area contributed by atoms with Crippen molar-refractivity contribution < 1.29 is 5.11 Å². The Morgan fingerprint density at radius 2 is 1.61 bits per heavy atom. The Morgan fingerprint density at radius 3 is 2.32 bits per heavy atom. The molecule has 0 aromatic carbocycles. The summed E-state index contributed by atoms with van der Waals surface area (Å²) in [5.41, 5.74) is 3.41. The first-order chi connectivity index (χ1) is 14.5. The molecule has 0 radical (unpaired) electrons. The summed E-state index contributed by atoms with van der Waals surface area (Å²) in [7, 11) is 0. The highest BCUT2D eigenvalue weighted by molar-refractivity contribution is 5.28. The maximum Gasteiger partial charge on any atom is 0.0594 e. The van der Waals surface area contributed by atoms with Crippen LogP contribution in [-0.4, -0.2) is 11.2 Å². The van der Waals surface area contributed by atoms with E-state index in [1.165, 1.54) is 69.8 Å². The molecule has 5 rings (SSSR count). The minimum atomic E-state index is -0.0801. The van der Waals surface area contributed by atoms with Gasteiger partial charge in [0.15, 0.2) is 0 Å². The number of hydrogen-bond donors (Lipinski definition) is 1. The van der Waals surface area contributed by atoms with Crippen LogP contribution in [0.4, 0.5) is 0 Å². The van der Waals surface area contributed by atoms with Crippen molar-refractivity contribution in [3.8, 4) is 0 Å². The van der Waals surface area contributed by atoms with Gasteiger partial charge in [-0.3, -0.25) is 0 Å². The van der Waals surface area contributed by atoms with Crippen LogP contribution in [0.2, 0.25) is 0 Å². The molecule has 0 amide bonds. The molecule has 0 saturated heterocycles. The van der Waals surface area contributed by atoms with Gasteiger partial charge in [-0.2, -0.15) is 0 Å². The molecular formula is C30H50O. The topological polar surface area (TPSA) is 20.2 Å². The normalized spacial score (nSPS) is 50.8. The molecule has 0 aromatic rings. The second kappa shape index (κ2) is 7.10. The van der Waals surface area contributed by atoms with Crippen LogP contribution >= 0.6 is 0 Å².